The van der Waals surface area contributed by atoms with E-state index in [1.807, 2.05) is 48.7 Å². The molecule has 8 heteroatoms. The molecule has 0 fully saturated rings. The van der Waals surface area contributed by atoms with Crippen molar-refractivity contribution < 1.29 is 19.0 Å². The lowest BCUT2D eigenvalue weighted by Crippen LogP contribution is -2.07. The van der Waals surface area contributed by atoms with E-state index in [4.69, 9.17) is 14.2 Å². The van der Waals surface area contributed by atoms with Crippen molar-refractivity contribution in [3.8, 4) is 28.5 Å². The fourth-order valence-electron chi connectivity index (χ4n) is 2.96. The highest BCUT2D eigenvalue weighted by Gasteiger charge is 2.11. The lowest BCUT2D eigenvalue weighted by atomic mass is 10.2. The van der Waals surface area contributed by atoms with Gasteiger partial charge >= 0.3 is 0 Å². The molecule has 6 nitrogen and oxygen atoms in total. The Morgan fingerprint density at radius 3 is 2.67 bits per heavy atom. The number of ether oxygens (including phenoxy) is 3. The molecule has 0 bridgehead atoms. The number of carbonyl (C=O) groups is 1. The summed E-state index contributed by atoms with van der Waals surface area (Å²) < 4.78 is 17.4. The molecule has 174 valence electrons. The topological polar surface area (TPSA) is 69.7 Å². The van der Waals surface area contributed by atoms with Crippen LogP contribution >= 0.6 is 27.3 Å². The molecule has 0 spiro atoms. The van der Waals surface area contributed by atoms with Gasteiger partial charge in [-0.25, -0.2) is 4.98 Å². The predicted octanol–water partition coefficient (Wildman–Crippen LogP) is 6.81. The molecular formula is C25H27BrN2O4S. The van der Waals surface area contributed by atoms with Crippen LogP contribution in [0.2, 0.25) is 0 Å². The molecule has 1 amide bonds. The van der Waals surface area contributed by atoms with Crippen molar-refractivity contribution in [2.24, 2.45) is 0 Å². The number of nitrogens with zero attached hydrogens (tertiary/aromatic N) is 1. The minimum Gasteiger partial charge on any atom is -0.494 e. The van der Waals surface area contributed by atoms with Crippen LogP contribution in [0.1, 0.15) is 32.3 Å². The Hall–Kier alpha value is -2.84. The number of carbonyl (C=O) groups excluding carboxylic acids is 1. The third-order valence-electron chi connectivity index (χ3n) is 4.62. The smallest absolute Gasteiger partial charge is 0.250 e. The summed E-state index contributed by atoms with van der Waals surface area (Å²) in [5, 5.41) is 5.27. The highest BCUT2D eigenvalue weighted by Crippen LogP contribution is 2.37. The molecule has 0 saturated carbocycles. The highest BCUT2D eigenvalue weighted by molar-refractivity contribution is 9.10. The van der Waals surface area contributed by atoms with Crippen LogP contribution < -0.4 is 19.5 Å². The maximum absolute atomic E-state index is 12.4. The number of unbranched alkanes of at least 4 members (excludes halogenated alkanes) is 1. The standard InChI is InChI=1S/C25H27BrN2O4S/c1-4-6-13-32-19-10-8-18(9-11-19)21-16-33-25(27-21)28-23(29)12-7-17-14-20(26)24(31-5-2)22(15-17)30-3/h7-12,14-16H,4-6,13H2,1-3H3,(H,27,28,29). The summed E-state index contributed by atoms with van der Waals surface area (Å²) in [6, 6.07) is 11.5. The molecule has 1 aromatic heterocycles. The zero-order valence-electron chi connectivity index (χ0n) is 18.9. The summed E-state index contributed by atoms with van der Waals surface area (Å²) in [6.07, 6.45) is 5.32. The summed E-state index contributed by atoms with van der Waals surface area (Å²) in [7, 11) is 1.58. The molecule has 0 saturated heterocycles. The largest absolute Gasteiger partial charge is 0.494 e. The van der Waals surface area contributed by atoms with Crippen LogP contribution in [0.25, 0.3) is 17.3 Å². The minimum atomic E-state index is -0.264. The van der Waals surface area contributed by atoms with Gasteiger partial charge in [-0.3, -0.25) is 10.1 Å². The van der Waals surface area contributed by atoms with Gasteiger partial charge in [0, 0.05) is 17.0 Å². The first-order valence-corrected chi connectivity index (χ1v) is 12.4. The Kier molecular flexibility index (Phi) is 9.33. The minimum absolute atomic E-state index is 0.264. The normalized spacial score (nSPS) is 10.9. The molecule has 3 rings (SSSR count). The Balaban J connectivity index is 1.62. The second-order valence-corrected chi connectivity index (χ2v) is 8.77. The monoisotopic (exact) mass is 530 g/mol. The fraction of sp³-hybridized carbons (Fsp3) is 0.280. The summed E-state index contributed by atoms with van der Waals surface area (Å²) in [4.78, 5) is 16.9. The van der Waals surface area contributed by atoms with Gasteiger partial charge in [0.1, 0.15) is 5.75 Å². The molecule has 1 N–H and O–H groups in total. The number of aromatic nitrogens is 1. The van der Waals surface area contributed by atoms with Gasteiger partial charge in [0.05, 0.1) is 30.5 Å². The zero-order chi connectivity index (χ0) is 23.6. The quantitative estimate of drug-likeness (QED) is 0.218. The summed E-state index contributed by atoms with van der Waals surface area (Å²) in [6.45, 7) is 5.29. The van der Waals surface area contributed by atoms with E-state index in [1.165, 1.54) is 17.4 Å². The van der Waals surface area contributed by atoms with E-state index in [-0.39, 0.29) is 5.91 Å². The molecule has 0 aliphatic rings. The van der Waals surface area contributed by atoms with Gasteiger partial charge in [-0.15, -0.1) is 11.3 Å². The van der Waals surface area contributed by atoms with Crippen LogP contribution in [-0.4, -0.2) is 31.2 Å². The van der Waals surface area contributed by atoms with Crippen molar-refractivity contribution in [1.29, 1.82) is 0 Å². The molecule has 33 heavy (non-hydrogen) atoms. The van der Waals surface area contributed by atoms with Gasteiger partial charge in [-0.05, 0) is 77.3 Å². The molecule has 0 aliphatic carbocycles. The third-order valence-corrected chi connectivity index (χ3v) is 5.97. The number of rotatable bonds is 11. The number of benzene rings is 2. The van der Waals surface area contributed by atoms with Crippen molar-refractivity contribution >= 4 is 44.4 Å². The highest BCUT2D eigenvalue weighted by atomic mass is 79.9. The van der Waals surface area contributed by atoms with Crippen molar-refractivity contribution in [1.82, 2.24) is 4.98 Å². The first kappa shape index (κ1) is 24.8. The first-order chi connectivity index (χ1) is 16.0. The van der Waals surface area contributed by atoms with Crippen molar-refractivity contribution in [3.63, 3.8) is 0 Å². The Bertz CT molecular complexity index is 1100. The Labute approximate surface area is 206 Å². The maximum Gasteiger partial charge on any atom is 0.250 e. The molecule has 0 unspecified atom stereocenters. The van der Waals surface area contributed by atoms with Crippen molar-refractivity contribution in [3.05, 3.63) is 57.9 Å². The number of hydrogen-bond donors (Lipinski definition) is 1. The van der Waals surface area contributed by atoms with Crippen LogP contribution in [0.5, 0.6) is 17.2 Å². The lowest BCUT2D eigenvalue weighted by molar-refractivity contribution is -0.111. The SMILES string of the molecule is CCCCOc1ccc(-c2csc(NC(=O)C=Cc3cc(Br)c(OCC)c(OC)c3)n2)cc1. The number of hydrogen-bond acceptors (Lipinski definition) is 6. The average molecular weight is 531 g/mol. The van der Waals surface area contributed by atoms with Gasteiger partial charge < -0.3 is 14.2 Å². The number of amides is 1. The number of halogens is 1. The van der Waals surface area contributed by atoms with Gasteiger partial charge in [0.25, 0.3) is 0 Å². The molecule has 2 aromatic carbocycles. The van der Waals surface area contributed by atoms with Crippen LogP contribution in [0.15, 0.2) is 52.3 Å². The van der Waals surface area contributed by atoms with Crippen LogP contribution in [0.3, 0.4) is 0 Å². The Morgan fingerprint density at radius 1 is 1.18 bits per heavy atom. The summed E-state index contributed by atoms with van der Waals surface area (Å²) >= 11 is 4.87. The van der Waals surface area contributed by atoms with Crippen molar-refractivity contribution in [2.75, 3.05) is 25.6 Å². The second-order valence-electron chi connectivity index (χ2n) is 7.05. The molecule has 1 heterocycles. The molecule has 0 atom stereocenters. The van der Waals surface area contributed by atoms with Gasteiger partial charge in [0.2, 0.25) is 5.91 Å². The zero-order valence-corrected chi connectivity index (χ0v) is 21.3. The van der Waals surface area contributed by atoms with E-state index in [2.05, 4.69) is 33.2 Å². The molecule has 0 radical (unpaired) electrons. The summed E-state index contributed by atoms with van der Waals surface area (Å²) in [5.41, 5.74) is 2.58. The lowest BCUT2D eigenvalue weighted by Gasteiger charge is -2.12. The molecular weight excluding hydrogens is 504 g/mol. The fourth-order valence-corrected chi connectivity index (χ4v) is 4.26. The first-order valence-electron chi connectivity index (χ1n) is 10.7. The second kappa shape index (κ2) is 12.4. The van der Waals surface area contributed by atoms with E-state index in [0.717, 1.165) is 46.5 Å². The summed E-state index contributed by atoms with van der Waals surface area (Å²) in [5.74, 6) is 1.81. The van der Waals surface area contributed by atoms with Crippen LogP contribution in [0, 0.1) is 0 Å². The third kappa shape index (κ3) is 7.07. The average Bonchev–Trinajstić information content (AvgIpc) is 3.28. The van der Waals surface area contributed by atoms with Gasteiger partial charge in [0.15, 0.2) is 16.6 Å². The van der Waals surface area contributed by atoms with E-state index >= 15 is 0 Å². The van der Waals surface area contributed by atoms with E-state index in [1.54, 1.807) is 13.2 Å². The predicted molar refractivity (Wildman–Crippen MR) is 137 cm³/mol. The number of thiazole rings is 1. The van der Waals surface area contributed by atoms with Crippen LogP contribution in [-0.2, 0) is 4.79 Å². The van der Waals surface area contributed by atoms with Crippen molar-refractivity contribution in [2.45, 2.75) is 26.7 Å². The number of anilines is 1. The van der Waals surface area contributed by atoms with Gasteiger partial charge in [-0.1, -0.05) is 13.3 Å². The van der Waals surface area contributed by atoms with Gasteiger partial charge in [-0.2, -0.15) is 0 Å². The Morgan fingerprint density at radius 2 is 1.97 bits per heavy atom. The van der Waals surface area contributed by atoms with E-state index in [9.17, 15) is 4.79 Å². The van der Waals surface area contributed by atoms with E-state index in [0.29, 0.717) is 23.2 Å². The maximum atomic E-state index is 12.4. The molecule has 3 aromatic rings. The van der Waals surface area contributed by atoms with Crippen LogP contribution in [0.4, 0.5) is 5.13 Å². The number of nitrogens with one attached hydrogen (secondary N) is 1. The number of methoxy groups -OCH3 is 1. The van der Waals surface area contributed by atoms with E-state index < -0.39 is 0 Å². The molecule has 0 aliphatic heterocycles.